The molecule has 6 heteroatoms. The van der Waals surface area contributed by atoms with Gasteiger partial charge >= 0.3 is 0 Å². The minimum absolute atomic E-state index is 0.139. The maximum atomic E-state index is 13.2. The van der Waals surface area contributed by atoms with E-state index in [0.29, 0.717) is 6.07 Å². The fourth-order valence-electron chi connectivity index (χ4n) is 1.43. The second-order valence-electron chi connectivity index (χ2n) is 3.25. The van der Waals surface area contributed by atoms with Gasteiger partial charge in [0.2, 0.25) is 0 Å². The van der Waals surface area contributed by atoms with E-state index < -0.39 is 11.6 Å². The Bertz CT molecular complexity index is 355. The van der Waals surface area contributed by atoms with Crippen LogP contribution in [0.4, 0.5) is 20.2 Å². The van der Waals surface area contributed by atoms with Crippen LogP contribution in [0.1, 0.15) is 0 Å². The number of anilines is 2. The summed E-state index contributed by atoms with van der Waals surface area (Å²) >= 11 is 0. The summed E-state index contributed by atoms with van der Waals surface area (Å²) in [5.74, 6) is -1.60. The summed E-state index contributed by atoms with van der Waals surface area (Å²) in [4.78, 5) is 1.42. The molecule has 16 heavy (non-hydrogen) atoms. The molecule has 0 amide bonds. The van der Waals surface area contributed by atoms with Gasteiger partial charge in [-0.2, -0.15) is 0 Å². The molecule has 0 heterocycles. The van der Waals surface area contributed by atoms with Crippen molar-refractivity contribution in [1.29, 1.82) is 0 Å². The van der Waals surface area contributed by atoms with Crippen molar-refractivity contribution in [2.75, 3.05) is 36.9 Å². The fourth-order valence-corrected chi connectivity index (χ4v) is 1.43. The molecule has 1 rings (SSSR count). The first-order valence-electron chi connectivity index (χ1n) is 4.81. The number of halogens is 2. The molecular weight excluding hydrogens is 218 g/mol. The maximum absolute atomic E-state index is 13.2. The third-order valence-electron chi connectivity index (χ3n) is 2.15. The van der Waals surface area contributed by atoms with Gasteiger partial charge in [-0.05, 0) is 6.07 Å². The topological polar surface area (TPSA) is 69.7 Å². The number of rotatable bonds is 5. The molecule has 1 aromatic rings. The molecule has 0 radical (unpaired) electrons. The Labute approximate surface area is 91.9 Å². The summed E-state index contributed by atoms with van der Waals surface area (Å²) in [6, 6.07) is 1.76. The Kier molecular flexibility index (Phi) is 4.45. The summed E-state index contributed by atoms with van der Waals surface area (Å²) in [6.45, 7) is -0.101. The predicted octanol–water partition coefficient (Wildman–Crippen LogP) is 0.338. The Balaban J connectivity index is 3.07. The first-order valence-corrected chi connectivity index (χ1v) is 4.81. The molecule has 0 fully saturated rings. The second-order valence-corrected chi connectivity index (χ2v) is 3.25. The molecule has 0 spiro atoms. The minimum Gasteiger partial charge on any atom is -0.395 e. The van der Waals surface area contributed by atoms with Gasteiger partial charge in [0.15, 0.2) is 5.82 Å². The van der Waals surface area contributed by atoms with Crippen LogP contribution in [0.2, 0.25) is 0 Å². The first-order chi connectivity index (χ1) is 7.60. The Hall–Kier alpha value is -1.40. The van der Waals surface area contributed by atoms with Crippen molar-refractivity contribution in [1.82, 2.24) is 0 Å². The number of nitrogen functional groups attached to an aromatic ring is 1. The summed E-state index contributed by atoms with van der Waals surface area (Å²) in [5.41, 5.74) is 5.41. The zero-order valence-electron chi connectivity index (χ0n) is 8.66. The Morgan fingerprint density at radius 1 is 1.12 bits per heavy atom. The smallest absolute Gasteiger partial charge is 0.151 e. The standard InChI is InChI=1S/C10H14F2N2O2/c11-7-5-8(12)10(13)9(6-7)14(1-3-15)2-4-16/h5-6,15-16H,1-4,13H2. The number of nitrogens with zero attached hydrogens (tertiary/aromatic N) is 1. The predicted molar refractivity (Wildman–Crippen MR) is 57.2 cm³/mol. The van der Waals surface area contributed by atoms with Gasteiger partial charge in [-0.1, -0.05) is 0 Å². The molecule has 4 nitrogen and oxygen atoms in total. The van der Waals surface area contributed by atoms with Gasteiger partial charge < -0.3 is 20.8 Å². The Morgan fingerprint density at radius 3 is 2.19 bits per heavy atom. The Morgan fingerprint density at radius 2 is 1.69 bits per heavy atom. The van der Waals surface area contributed by atoms with Crippen molar-refractivity contribution < 1.29 is 19.0 Å². The van der Waals surface area contributed by atoms with Gasteiger partial charge in [0.1, 0.15) is 5.82 Å². The van der Waals surface area contributed by atoms with Crippen molar-refractivity contribution in [2.45, 2.75) is 0 Å². The summed E-state index contributed by atoms with van der Waals surface area (Å²) < 4.78 is 26.2. The van der Waals surface area contributed by atoms with Crippen LogP contribution in [0.15, 0.2) is 12.1 Å². The number of hydrogen-bond donors (Lipinski definition) is 3. The lowest BCUT2D eigenvalue weighted by atomic mass is 10.2. The van der Waals surface area contributed by atoms with Crippen LogP contribution in [0.5, 0.6) is 0 Å². The van der Waals surface area contributed by atoms with Crippen LogP contribution in [0, 0.1) is 11.6 Å². The average Bonchev–Trinajstić information content (AvgIpc) is 2.23. The van der Waals surface area contributed by atoms with Crippen LogP contribution in [-0.4, -0.2) is 36.5 Å². The van der Waals surface area contributed by atoms with Gasteiger partial charge in [0.05, 0.1) is 24.6 Å². The number of nitrogens with two attached hydrogens (primary N) is 1. The minimum atomic E-state index is -0.851. The lowest BCUT2D eigenvalue weighted by molar-refractivity contribution is 0.281. The third-order valence-corrected chi connectivity index (χ3v) is 2.15. The number of hydrogen-bond acceptors (Lipinski definition) is 4. The first kappa shape index (κ1) is 12.7. The largest absolute Gasteiger partial charge is 0.395 e. The van der Waals surface area contributed by atoms with E-state index in [9.17, 15) is 8.78 Å². The molecule has 0 aromatic heterocycles. The molecule has 0 aliphatic carbocycles. The van der Waals surface area contributed by atoms with E-state index in [0.717, 1.165) is 6.07 Å². The van der Waals surface area contributed by atoms with Crippen molar-refractivity contribution in [3.8, 4) is 0 Å². The molecule has 0 saturated heterocycles. The molecular formula is C10H14F2N2O2. The van der Waals surface area contributed by atoms with E-state index in [2.05, 4.69) is 0 Å². The van der Waals surface area contributed by atoms with E-state index in [4.69, 9.17) is 15.9 Å². The molecule has 0 saturated carbocycles. The van der Waals surface area contributed by atoms with Gasteiger partial charge in [-0.15, -0.1) is 0 Å². The van der Waals surface area contributed by atoms with E-state index in [1.807, 2.05) is 0 Å². The molecule has 0 atom stereocenters. The van der Waals surface area contributed by atoms with Crippen molar-refractivity contribution in [3.05, 3.63) is 23.8 Å². The molecule has 0 aliphatic heterocycles. The number of aliphatic hydroxyl groups is 2. The van der Waals surface area contributed by atoms with Gasteiger partial charge in [-0.25, -0.2) is 8.78 Å². The van der Waals surface area contributed by atoms with Gasteiger partial charge in [0, 0.05) is 19.2 Å². The highest BCUT2D eigenvalue weighted by Crippen LogP contribution is 2.26. The number of aliphatic hydroxyl groups excluding tert-OH is 2. The quantitative estimate of drug-likeness (QED) is 0.640. The van der Waals surface area contributed by atoms with Gasteiger partial charge in [0.25, 0.3) is 0 Å². The maximum Gasteiger partial charge on any atom is 0.151 e. The highest BCUT2D eigenvalue weighted by Gasteiger charge is 2.14. The second kappa shape index (κ2) is 5.62. The summed E-state index contributed by atoms with van der Waals surface area (Å²) in [7, 11) is 0. The zero-order valence-corrected chi connectivity index (χ0v) is 8.66. The molecule has 1 aromatic carbocycles. The fraction of sp³-hybridized carbons (Fsp3) is 0.400. The third kappa shape index (κ3) is 2.80. The lowest BCUT2D eigenvalue weighted by Crippen LogP contribution is -2.30. The van der Waals surface area contributed by atoms with E-state index >= 15 is 0 Å². The van der Waals surface area contributed by atoms with E-state index in [1.165, 1.54) is 4.90 Å². The van der Waals surface area contributed by atoms with Crippen LogP contribution < -0.4 is 10.6 Å². The lowest BCUT2D eigenvalue weighted by Gasteiger charge is -2.24. The average molecular weight is 232 g/mol. The van der Waals surface area contributed by atoms with Crippen LogP contribution in [0.25, 0.3) is 0 Å². The molecule has 0 aliphatic rings. The normalized spacial score (nSPS) is 10.5. The summed E-state index contributed by atoms with van der Waals surface area (Å²) in [5, 5.41) is 17.6. The van der Waals surface area contributed by atoms with Crippen LogP contribution in [0.3, 0.4) is 0 Å². The molecule has 90 valence electrons. The highest BCUT2D eigenvalue weighted by atomic mass is 19.1. The monoisotopic (exact) mass is 232 g/mol. The van der Waals surface area contributed by atoms with Crippen molar-refractivity contribution in [2.24, 2.45) is 0 Å². The van der Waals surface area contributed by atoms with Crippen LogP contribution in [-0.2, 0) is 0 Å². The van der Waals surface area contributed by atoms with Gasteiger partial charge in [-0.3, -0.25) is 0 Å². The summed E-state index contributed by atoms with van der Waals surface area (Å²) in [6.07, 6.45) is 0. The van der Waals surface area contributed by atoms with E-state index in [-0.39, 0.29) is 37.7 Å². The van der Waals surface area contributed by atoms with Crippen molar-refractivity contribution >= 4 is 11.4 Å². The van der Waals surface area contributed by atoms with E-state index in [1.54, 1.807) is 0 Å². The highest BCUT2D eigenvalue weighted by molar-refractivity contribution is 5.68. The molecule has 0 bridgehead atoms. The molecule has 0 unspecified atom stereocenters. The number of benzene rings is 1. The van der Waals surface area contributed by atoms with Crippen molar-refractivity contribution in [3.63, 3.8) is 0 Å². The zero-order chi connectivity index (χ0) is 12.1. The SMILES string of the molecule is Nc1c(F)cc(F)cc1N(CCO)CCO. The van der Waals surface area contributed by atoms with Crippen LogP contribution >= 0.6 is 0 Å². The molecule has 4 N–H and O–H groups in total.